The number of tetrazole rings is 1. The Kier molecular flexibility index (Phi) is 7.33. The third-order valence-corrected chi connectivity index (χ3v) is 5.77. The summed E-state index contributed by atoms with van der Waals surface area (Å²) in [5.74, 6) is 2.05. The Morgan fingerprint density at radius 2 is 1.97 bits per heavy atom. The Labute approximate surface area is 205 Å². The molecule has 0 spiro atoms. The standard InChI is InChI=1S/C26H32N6O3/c1-6-34-21-11-10-19(15-22(21)35-13-12-16(2)3)24-23(18(5)27-26-29-30-31-32(24)26)25(33)28-20-9-7-8-17(4)14-20/h7-11,14-16,24H,6,12-13H2,1-5H3,(H,28,33)(H,27,29,31). The molecule has 9 nitrogen and oxygen atoms in total. The number of benzene rings is 2. The highest BCUT2D eigenvalue weighted by molar-refractivity contribution is 6.06. The molecule has 0 radical (unpaired) electrons. The lowest BCUT2D eigenvalue weighted by atomic mass is 9.94. The Hall–Kier alpha value is -3.88. The van der Waals surface area contributed by atoms with Gasteiger partial charge in [-0.15, -0.1) is 0 Å². The molecule has 2 heterocycles. The zero-order chi connectivity index (χ0) is 24.9. The molecule has 184 valence electrons. The van der Waals surface area contributed by atoms with Crippen molar-refractivity contribution in [2.24, 2.45) is 5.92 Å². The van der Waals surface area contributed by atoms with Crippen LogP contribution in [-0.2, 0) is 4.79 Å². The number of rotatable bonds is 9. The van der Waals surface area contributed by atoms with E-state index in [9.17, 15) is 4.79 Å². The fourth-order valence-corrected chi connectivity index (χ4v) is 4.02. The van der Waals surface area contributed by atoms with Gasteiger partial charge < -0.3 is 20.1 Å². The quantitative estimate of drug-likeness (QED) is 0.460. The van der Waals surface area contributed by atoms with E-state index < -0.39 is 6.04 Å². The van der Waals surface area contributed by atoms with E-state index in [0.29, 0.717) is 47.8 Å². The van der Waals surface area contributed by atoms with Crippen molar-refractivity contribution in [1.82, 2.24) is 20.2 Å². The number of amides is 1. The number of hydrogen-bond acceptors (Lipinski definition) is 7. The molecule has 2 N–H and O–H groups in total. The van der Waals surface area contributed by atoms with Crippen LogP contribution in [0.3, 0.4) is 0 Å². The highest BCUT2D eigenvalue weighted by atomic mass is 16.5. The first kappa shape index (κ1) is 24.3. The van der Waals surface area contributed by atoms with Gasteiger partial charge in [0.1, 0.15) is 6.04 Å². The lowest BCUT2D eigenvalue weighted by molar-refractivity contribution is -0.113. The summed E-state index contributed by atoms with van der Waals surface area (Å²) < 4.78 is 13.5. The molecule has 1 aliphatic heterocycles. The number of hydrogen-bond donors (Lipinski definition) is 2. The largest absolute Gasteiger partial charge is 0.490 e. The van der Waals surface area contributed by atoms with Crippen molar-refractivity contribution in [3.8, 4) is 11.5 Å². The summed E-state index contributed by atoms with van der Waals surface area (Å²) >= 11 is 0. The van der Waals surface area contributed by atoms with Gasteiger partial charge in [-0.05, 0) is 78.9 Å². The zero-order valence-electron chi connectivity index (χ0n) is 20.8. The molecule has 1 atom stereocenters. The fourth-order valence-electron chi connectivity index (χ4n) is 4.02. The smallest absolute Gasteiger partial charge is 0.255 e. The summed E-state index contributed by atoms with van der Waals surface area (Å²) in [5.41, 5.74) is 3.80. The molecule has 0 bridgehead atoms. The summed E-state index contributed by atoms with van der Waals surface area (Å²) in [6, 6.07) is 12.9. The van der Waals surface area contributed by atoms with Crippen molar-refractivity contribution in [2.45, 2.75) is 47.1 Å². The predicted molar refractivity (Wildman–Crippen MR) is 135 cm³/mol. The number of nitrogens with zero attached hydrogens (tertiary/aromatic N) is 4. The van der Waals surface area contributed by atoms with Crippen LogP contribution in [0, 0.1) is 12.8 Å². The van der Waals surface area contributed by atoms with Crippen LogP contribution in [0.25, 0.3) is 0 Å². The molecule has 35 heavy (non-hydrogen) atoms. The van der Waals surface area contributed by atoms with Gasteiger partial charge in [0, 0.05) is 11.4 Å². The molecule has 2 aromatic carbocycles. The van der Waals surface area contributed by atoms with E-state index in [-0.39, 0.29) is 5.91 Å². The minimum Gasteiger partial charge on any atom is -0.490 e. The van der Waals surface area contributed by atoms with Gasteiger partial charge in [-0.25, -0.2) is 0 Å². The summed E-state index contributed by atoms with van der Waals surface area (Å²) in [5, 5.41) is 18.3. The summed E-state index contributed by atoms with van der Waals surface area (Å²) in [6.07, 6.45) is 0.920. The number of aromatic nitrogens is 4. The van der Waals surface area contributed by atoms with Crippen molar-refractivity contribution in [3.63, 3.8) is 0 Å². The molecule has 1 aromatic heterocycles. The lowest BCUT2D eigenvalue weighted by Crippen LogP contribution is -2.31. The third-order valence-electron chi connectivity index (χ3n) is 5.77. The molecule has 3 aromatic rings. The predicted octanol–water partition coefficient (Wildman–Crippen LogP) is 4.73. The van der Waals surface area contributed by atoms with Gasteiger partial charge in [-0.3, -0.25) is 4.79 Å². The maximum Gasteiger partial charge on any atom is 0.255 e. The van der Waals surface area contributed by atoms with E-state index in [0.717, 1.165) is 23.2 Å². The summed E-state index contributed by atoms with van der Waals surface area (Å²) in [4.78, 5) is 13.6. The monoisotopic (exact) mass is 476 g/mol. The van der Waals surface area contributed by atoms with Crippen LogP contribution in [0.1, 0.15) is 51.3 Å². The van der Waals surface area contributed by atoms with E-state index in [1.54, 1.807) is 4.68 Å². The molecule has 0 fully saturated rings. The van der Waals surface area contributed by atoms with Crippen molar-refractivity contribution < 1.29 is 14.3 Å². The molecule has 9 heteroatoms. The number of ether oxygens (including phenoxy) is 2. The normalized spacial score (nSPS) is 15.0. The van der Waals surface area contributed by atoms with Crippen LogP contribution in [-0.4, -0.2) is 39.3 Å². The van der Waals surface area contributed by atoms with E-state index in [2.05, 4.69) is 40.0 Å². The topological polar surface area (TPSA) is 103 Å². The summed E-state index contributed by atoms with van der Waals surface area (Å²) in [6.45, 7) is 11.2. The van der Waals surface area contributed by atoms with Crippen LogP contribution in [0.2, 0.25) is 0 Å². The number of carbonyl (C=O) groups is 1. The van der Waals surface area contributed by atoms with Crippen LogP contribution in [0.15, 0.2) is 53.7 Å². The van der Waals surface area contributed by atoms with Gasteiger partial charge in [-0.2, -0.15) is 4.68 Å². The van der Waals surface area contributed by atoms with Crippen LogP contribution in [0.5, 0.6) is 11.5 Å². The number of nitrogens with one attached hydrogen (secondary N) is 2. The SMILES string of the molecule is CCOc1ccc(C2C(C(=O)Nc3cccc(C)c3)=C(C)Nc3nnnn32)cc1OCCC(C)C. The van der Waals surface area contributed by atoms with Crippen LogP contribution in [0.4, 0.5) is 11.6 Å². The van der Waals surface area contributed by atoms with Gasteiger partial charge in [0.15, 0.2) is 11.5 Å². The molecule has 0 saturated heterocycles. The minimum absolute atomic E-state index is 0.233. The number of aryl methyl sites for hydroxylation is 1. The van der Waals surface area contributed by atoms with Crippen LogP contribution < -0.4 is 20.1 Å². The molecule has 0 aliphatic carbocycles. The summed E-state index contributed by atoms with van der Waals surface area (Å²) in [7, 11) is 0. The van der Waals surface area contributed by atoms with Gasteiger partial charge in [0.25, 0.3) is 5.91 Å². The average molecular weight is 477 g/mol. The van der Waals surface area contributed by atoms with Gasteiger partial charge in [0.2, 0.25) is 5.95 Å². The molecule has 1 aliphatic rings. The lowest BCUT2D eigenvalue weighted by Gasteiger charge is -2.28. The van der Waals surface area contributed by atoms with Gasteiger partial charge >= 0.3 is 0 Å². The third kappa shape index (κ3) is 5.45. The Morgan fingerprint density at radius 1 is 1.14 bits per heavy atom. The second-order valence-corrected chi connectivity index (χ2v) is 9.01. The van der Waals surface area contributed by atoms with Gasteiger partial charge in [0.05, 0.1) is 18.8 Å². The highest BCUT2D eigenvalue weighted by Crippen LogP contribution is 2.39. The Bertz CT molecular complexity index is 1230. The second-order valence-electron chi connectivity index (χ2n) is 9.01. The van der Waals surface area contributed by atoms with Crippen LogP contribution >= 0.6 is 0 Å². The number of allylic oxidation sites excluding steroid dienone is 1. The molecule has 1 unspecified atom stereocenters. The van der Waals surface area contributed by atoms with Crippen molar-refractivity contribution in [1.29, 1.82) is 0 Å². The first-order valence-corrected chi connectivity index (χ1v) is 11.9. The van der Waals surface area contributed by atoms with E-state index in [1.807, 2.05) is 63.2 Å². The zero-order valence-corrected chi connectivity index (χ0v) is 20.8. The molecule has 1 amide bonds. The van der Waals surface area contributed by atoms with Crippen molar-refractivity contribution in [3.05, 3.63) is 64.9 Å². The molecule has 0 saturated carbocycles. The maximum atomic E-state index is 13.6. The number of anilines is 2. The highest BCUT2D eigenvalue weighted by Gasteiger charge is 2.34. The van der Waals surface area contributed by atoms with Crippen molar-refractivity contribution in [2.75, 3.05) is 23.8 Å². The fraction of sp³-hybridized carbons (Fsp3) is 0.385. The van der Waals surface area contributed by atoms with E-state index >= 15 is 0 Å². The Morgan fingerprint density at radius 3 is 2.71 bits per heavy atom. The first-order valence-electron chi connectivity index (χ1n) is 11.9. The molecular weight excluding hydrogens is 444 g/mol. The molecular formula is C26H32N6O3. The first-order chi connectivity index (χ1) is 16.9. The Balaban J connectivity index is 1.73. The number of carbonyl (C=O) groups excluding carboxylic acids is 1. The minimum atomic E-state index is -0.547. The average Bonchev–Trinajstić information content (AvgIpc) is 3.27. The van der Waals surface area contributed by atoms with Crippen molar-refractivity contribution >= 4 is 17.5 Å². The van der Waals surface area contributed by atoms with E-state index in [1.165, 1.54) is 0 Å². The van der Waals surface area contributed by atoms with E-state index in [4.69, 9.17) is 9.47 Å². The second kappa shape index (κ2) is 10.6. The molecule has 4 rings (SSSR count). The van der Waals surface area contributed by atoms with Gasteiger partial charge in [-0.1, -0.05) is 37.1 Å². The number of fused-ring (bicyclic) bond motifs is 1. The maximum absolute atomic E-state index is 13.6.